The number of nitrogens with zero attached hydrogens (tertiary/aromatic N) is 2. The van der Waals surface area contributed by atoms with E-state index in [9.17, 15) is 13.2 Å². The molecular weight excluding hydrogens is 264 g/mol. The van der Waals surface area contributed by atoms with Crippen LogP contribution in [0.25, 0.3) is 0 Å². The summed E-state index contributed by atoms with van der Waals surface area (Å²) in [6, 6.07) is 0.186. The summed E-state index contributed by atoms with van der Waals surface area (Å²) < 4.78 is 23.0. The summed E-state index contributed by atoms with van der Waals surface area (Å²) >= 11 is 0. The van der Waals surface area contributed by atoms with Gasteiger partial charge in [0.15, 0.2) is 9.84 Å². The lowest BCUT2D eigenvalue weighted by atomic mass is 9.84. The molecule has 3 fully saturated rings. The second-order valence-corrected chi connectivity index (χ2v) is 8.27. The number of piperazine rings is 1. The molecule has 1 aliphatic carbocycles. The number of carbonyl (C=O) groups is 1. The smallest absolute Gasteiger partial charge is 0.225 e. The van der Waals surface area contributed by atoms with Crippen LogP contribution in [0.2, 0.25) is 0 Å². The van der Waals surface area contributed by atoms with E-state index in [4.69, 9.17) is 0 Å². The van der Waals surface area contributed by atoms with Crippen molar-refractivity contribution in [2.45, 2.75) is 31.7 Å². The minimum Gasteiger partial charge on any atom is -0.340 e. The van der Waals surface area contributed by atoms with Crippen LogP contribution >= 0.6 is 0 Å². The number of rotatable bonds is 2. The lowest BCUT2D eigenvalue weighted by Crippen LogP contribution is -2.53. The van der Waals surface area contributed by atoms with E-state index in [0.29, 0.717) is 17.4 Å². The number of hydrogen-bond acceptors (Lipinski definition) is 4. The van der Waals surface area contributed by atoms with Crippen LogP contribution in [0.3, 0.4) is 0 Å². The van der Waals surface area contributed by atoms with Crippen molar-refractivity contribution in [3.05, 3.63) is 0 Å². The van der Waals surface area contributed by atoms with Gasteiger partial charge in [0.05, 0.1) is 11.5 Å². The fraction of sp³-hybridized carbons (Fsp3) is 0.923. The highest BCUT2D eigenvalue weighted by Gasteiger charge is 2.36. The summed E-state index contributed by atoms with van der Waals surface area (Å²) in [5.41, 5.74) is 0. The molecule has 1 amide bonds. The zero-order valence-electron chi connectivity index (χ0n) is 11.3. The molecule has 3 rings (SSSR count). The normalized spacial score (nSPS) is 32.2. The highest BCUT2D eigenvalue weighted by Crippen LogP contribution is 2.29. The van der Waals surface area contributed by atoms with Crippen LogP contribution in [-0.2, 0) is 14.6 Å². The molecule has 0 aromatic rings. The quantitative estimate of drug-likeness (QED) is 0.723. The fourth-order valence-electron chi connectivity index (χ4n) is 3.28. The van der Waals surface area contributed by atoms with Crippen molar-refractivity contribution >= 4 is 15.7 Å². The van der Waals surface area contributed by atoms with Crippen molar-refractivity contribution < 1.29 is 13.2 Å². The minimum atomic E-state index is -2.81. The first-order valence-electron chi connectivity index (χ1n) is 7.28. The molecule has 1 unspecified atom stereocenters. The van der Waals surface area contributed by atoms with Crippen molar-refractivity contribution in [3.8, 4) is 0 Å². The highest BCUT2D eigenvalue weighted by molar-refractivity contribution is 7.91. The zero-order chi connectivity index (χ0) is 13.5. The summed E-state index contributed by atoms with van der Waals surface area (Å²) in [4.78, 5) is 16.4. The predicted molar refractivity (Wildman–Crippen MR) is 72.6 cm³/mol. The van der Waals surface area contributed by atoms with Crippen LogP contribution in [0, 0.1) is 5.92 Å². The molecule has 6 heteroatoms. The Morgan fingerprint density at radius 3 is 2.16 bits per heavy atom. The first kappa shape index (κ1) is 13.4. The Morgan fingerprint density at radius 2 is 1.68 bits per heavy atom. The molecule has 1 atom stereocenters. The molecule has 5 nitrogen and oxygen atoms in total. The summed E-state index contributed by atoms with van der Waals surface area (Å²) in [5.74, 6) is 1.24. The van der Waals surface area contributed by atoms with E-state index in [1.807, 2.05) is 4.90 Å². The van der Waals surface area contributed by atoms with Gasteiger partial charge in [-0.25, -0.2) is 8.42 Å². The van der Waals surface area contributed by atoms with Crippen molar-refractivity contribution in [2.24, 2.45) is 5.92 Å². The molecule has 0 spiro atoms. The molecule has 108 valence electrons. The van der Waals surface area contributed by atoms with Gasteiger partial charge in [0, 0.05) is 38.1 Å². The Bertz CT molecular complexity index is 451. The number of sulfone groups is 1. The molecule has 19 heavy (non-hydrogen) atoms. The van der Waals surface area contributed by atoms with Crippen LogP contribution in [0.15, 0.2) is 0 Å². The molecule has 2 heterocycles. The number of carbonyl (C=O) groups excluding carboxylic acids is 1. The average Bonchev–Trinajstić information content (AvgIpc) is 2.68. The summed E-state index contributed by atoms with van der Waals surface area (Å²) in [6.45, 7) is 3.20. The van der Waals surface area contributed by atoms with Gasteiger partial charge in [-0.2, -0.15) is 0 Å². The number of hydrogen-bond donors (Lipinski definition) is 0. The van der Waals surface area contributed by atoms with E-state index in [1.165, 1.54) is 6.42 Å². The van der Waals surface area contributed by atoms with Crippen LogP contribution in [0.4, 0.5) is 0 Å². The lowest BCUT2D eigenvalue weighted by molar-refractivity contribution is -0.140. The Labute approximate surface area is 114 Å². The molecular formula is C13H22N2O3S. The van der Waals surface area contributed by atoms with E-state index >= 15 is 0 Å². The van der Waals surface area contributed by atoms with Gasteiger partial charge in [0.2, 0.25) is 5.91 Å². The largest absolute Gasteiger partial charge is 0.340 e. The van der Waals surface area contributed by atoms with Gasteiger partial charge in [0.25, 0.3) is 0 Å². The first-order valence-corrected chi connectivity index (χ1v) is 9.10. The van der Waals surface area contributed by atoms with Gasteiger partial charge in [-0.15, -0.1) is 0 Å². The molecule has 3 aliphatic rings. The third kappa shape index (κ3) is 2.79. The fourth-order valence-corrected chi connectivity index (χ4v) is 5.05. The van der Waals surface area contributed by atoms with Crippen LogP contribution in [-0.4, -0.2) is 67.9 Å². The van der Waals surface area contributed by atoms with Crippen LogP contribution in [0.5, 0.6) is 0 Å². The van der Waals surface area contributed by atoms with E-state index in [0.717, 1.165) is 45.4 Å². The van der Waals surface area contributed by atoms with E-state index in [2.05, 4.69) is 4.90 Å². The predicted octanol–water partition coefficient (Wildman–Crippen LogP) is 0.118. The van der Waals surface area contributed by atoms with E-state index < -0.39 is 9.84 Å². The third-order valence-electron chi connectivity index (χ3n) is 4.81. The van der Waals surface area contributed by atoms with Gasteiger partial charge < -0.3 is 4.90 Å². The molecule has 0 N–H and O–H groups in total. The average molecular weight is 286 g/mol. The summed E-state index contributed by atoms with van der Waals surface area (Å²) in [6.07, 6.45) is 4.06. The second kappa shape index (κ2) is 5.05. The number of amides is 1. The second-order valence-electron chi connectivity index (χ2n) is 6.05. The molecule has 0 radical (unpaired) electrons. The Hall–Kier alpha value is -0.620. The monoisotopic (exact) mass is 286 g/mol. The summed E-state index contributed by atoms with van der Waals surface area (Å²) in [7, 11) is -2.81. The zero-order valence-corrected chi connectivity index (χ0v) is 12.1. The van der Waals surface area contributed by atoms with Crippen molar-refractivity contribution in [1.82, 2.24) is 9.80 Å². The maximum Gasteiger partial charge on any atom is 0.225 e. The minimum absolute atomic E-state index is 0.186. The van der Waals surface area contributed by atoms with Gasteiger partial charge in [-0.05, 0) is 19.3 Å². The Balaban J connectivity index is 1.51. The maximum absolute atomic E-state index is 12.1. The van der Waals surface area contributed by atoms with Crippen molar-refractivity contribution in [2.75, 3.05) is 37.7 Å². The summed E-state index contributed by atoms with van der Waals surface area (Å²) in [5, 5.41) is 0. The van der Waals surface area contributed by atoms with Crippen LogP contribution < -0.4 is 0 Å². The molecule has 0 bridgehead atoms. The first-order chi connectivity index (χ1) is 9.05. The molecule has 0 aromatic carbocycles. The van der Waals surface area contributed by atoms with Crippen molar-refractivity contribution in [3.63, 3.8) is 0 Å². The van der Waals surface area contributed by atoms with E-state index in [1.54, 1.807) is 0 Å². The van der Waals surface area contributed by atoms with Gasteiger partial charge in [-0.1, -0.05) is 6.42 Å². The standard InChI is InChI=1S/C13H22N2O3S/c16-13(11-2-1-3-11)15-7-5-14(6-8-15)12-4-9-19(17,18)10-12/h11-12H,1-10H2. The lowest BCUT2D eigenvalue weighted by Gasteiger charge is -2.40. The molecule has 2 aliphatic heterocycles. The molecule has 2 saturated heterocycles. The molecule has 0 aromatic heterocycles. The maximum atomic E-state index is 12.1. The van der Waals surface area contributed by atoms with Gasteiger partial charge >= 0.3 is 0 Å². The van der Waals surface area contributed by atoms with Gasteiger partial charge in [0.1, 0.15) is 0 Å². The van der Waals surface area contributed by atoms with Gasteiger partial charge in [-0.3, -0.25) is 9.69 Å². The SMILES string of the molecule is O=C(C1CCC1)N1CCN(C2CCS(=O)(=O)C2)CC1. The Morgan fingerprint density at radius 1 is 1.00 bits per heavy atom. The Kier molecular flexibility index (Phi) is 3.55. The van der Waals surface area contributed by atoms with Crippen molar-refractivity contribution in [1.29, 1.82) is 0 Å². The van der Waals surface area contributed by atoms with Crippen LogP contribution in [0.1, 0.15) is 25.7 Å². The van der Waals surface area contributed by atoms with E-state index in [-0.39, 0.29) is 12.0 Å². The highest BCUT2D eigenvalue weighted by atomic mass is 32.2. The topological polar surface area (TPSA) is 57.7 Å². The molecule has 1 saturated carbocycles. The third-order valence-corrected chi connectivity index (χ3v) is 6.56.